The lowest BCUT2D eigenvalue weighted by molar-refractivity contribution is -0.109. The maximum atomic E-state index is 13.2. The van der Waals surface area contributed by atoms with Crippen molar-refractivity contribution in [1.82, 2.24) is 10.0 Å². The molecule has 0 aliphatic heterocycles. The Kier molecular flexibility index (Phi) is 7.25. The van der Waals surface area contributed by atoms with Gasteiger partial charge in [-0.2, -0.15) is 0 Å². The van der Waals surface area contributed by atoms with Crippen LogP contribution in [0.2, 0.25) is 0 Å². The van der Waals surface area contributed by atoms with Crippen LogP contribution in [0.25, 0.3) is 0 Å². The Morgan fingerprint density at radius 2 is 1.25 bits per heavy atom. The fourth-order valence-electron chi connectivity index (χ4n) is 2.99. The Bertz CT molecular complexity index is 695. The van der Waals surface area contributed by atoms with Crippen molar-refractivity contribution in [3.8, 4) is 0 Å². The lowest BCUT2D eigenvalue weighted by atomic mass is 10.0. The second-order valence-corrected chi connectivity index (χ2v) is 8.75. The zero-order valence-corrected chi connectivity index (χ0v) is 18.1. The molecule has 0 heterocycles. The van der Waals surface area contributed by atoms with Gasteiger partial charge in [0.15, 0.2) is 0 Å². The molecule has 0 aliphatic rings. The lowest BCUT2D eigenvalue weighted by Crippen LogP contribution is -2.57. The summed E-state index contributed by atoms with van der Waals surface area (Å²) in [5.41, 5.74) is 1.37. The van der Waals surface area contributed by atoms with Gasteiger partial charge >= 0.3 is 6.09 Å². The molecule has 0 radical (unpaired) electrons. The molecule has 0 saturated heterocycles. The number of hydrogen-bond acceptors (Lipinski definition) is 3. The number of rotatable bonds is 7. The molecule has 152 valence electrons. The molecular formula is C24H34N2O2. The van der Waals surface area contributed by atoms with Crippen LogP contribution in [-0.2, 0) is 17.8 Å². The van der Waals surface area contributed by atoms with Crippen molar-refractivity contribution >= 4 is 6.09 Å². The van der Waals surface area contributed by atoms with Gasteiger partial charge in [0.05, 0.1) is 5.54 Å². The third kappa shape index (κ3) is 6.38. The van der Waals surface area contributed by atoms with Crippen LogP contribution in [-0.4, -0.2) is 27.3 Å². The van der Waals surface area contributed by atoms with Crippen molar-refractivity contribution in [1.29, 1.82) is 0 Å². The van der Waals surface area contributed by atoms with E-state index in [1.807, 2.05) is 57.2 Å². The first-order chi connectivity index (χ1) is 13.1. The third-order valence-corrected chi connectivity index (χ3v) is 4.70. The normalized spacial score (nSPS) is 12.1. The number of carbonyl (C=O) groups is 1. The molecule has 0 unspecified atom stereocenters. The molecule has 0 bridgehead atoms. The molecule has 0 N–H and O–H groups in total. The van der Waals surface area contributed by atoms with E-state index in [-0.39, 0.29) is 11.6 Å². The Morgan fingerprint density at radius 3 is 1.61 bits per heavy atom. The van der Waals surface area contributed by atoms with Gasteiger partial charge < -0.3 is 4.74 Å². The fraction of sp³-hybridized carbons (Fsp3) is 0.458. The number of amides is 1. The molecule has 0 spiro atoms. The molecule has 0 atom stereocenters. The summed E-state index contributed by atoms with van der Waals surface area (Å²) >= 11 is 0. The maximum absolute atomic E-state index is 13.2. The summed E-state index contributed by atoms with van der Waals surface area (Å²) in [6, 6.07) is 20.5. The topological polar surface area (TPSA) is 32.8 Å². The minimum Gasteiger partial charge on any atom is -0.443 e. The van der Waals surface area contributed by atoms with Crippen LogP contribution in [0.15, 0.2) is 60.7 Å². The first-order valence-corrected chi connectivity index (χ1v) is 9.98. The Balaban J connectivity index is 2.42. The zero-order chi connectivity index (χ0) is 20.8. The number of benzene rings is 2. The molecule has 4 nitrogen and oxygen atoms in total. The number of nitrogens with zero attached hydrogens (tertiary/aromatic N) is 2. The average molecular weight is 383 g/mol. The zero-order valence-electron chi connectivity index (χ0n) is 18.1. The monoisotopic (exact) mass is 382 g/mol. The van der Waals surface area contributed by atoms with E-state index < -0.39 is 5.60 Å². The fourth-order valence-corrected chi connectivity index (χ4v) is 2.99. The highest BCUT2D eigenvalue weighted by molar-refractivity contribution is 5.68. The van der Waals surface area contributed by atoms with Crippen LogP contribution in [0.4, 0.5) is 4.79 Å². The Morgan fingerprint density at radius 1 is 0.821 bits per heavy atom. The summed E-state index contributed by atoms with van der Waals surface area (Å²) in [7, 11) is 0. The molecule has 0 aliphatic carbocycles. The van der Waals surface area contributed by atoms with E-state index in [4.69, 9.17) is 4.74 Å². The van der Waals surface area contributed by atoms with E-state index in [0.29, 0.717) is 13.1 Å². The van der Waals surface area contributed by atoms with Crippen LogP contribution in [0.5, 0.6) is 0 Å². The average Bonchev–Trinajstić information content (AvgIpc) is 2.61. The van der Waals surface area contributed by atoms with Crippen LogP contribution in [0.3, 0.4) is 0 Å². The van der Waals surface area contributed by atoms with Gasteiger partial charge in [-0.1, -0.05) is 67.6 Å². The van der Waals surface area contributed by atoms with Crippen molar-refractivity contribution < 1.29 is 9.53 Å². The van der Waals surface area contributed by atoms with Gasteiger partial charge in [0.1, 0.15) is 5.60 Å². The molecule has 2 aromatic carbocycles. The van der Waals surface area contributed by atoms with Crippen LogP contribution in [0, 0.1) is 0 Å². The highest BCUT2D eigenvalue weighted by Crippen LogP contribution is 2.27. The summed E-state index contributed by atoms with van der Waals surface area (Å²) < 4.78 is 5.79. The number of ether oxygens (including phenoxy) is 1. The SMILES string of the molecule is CCC(C)(C)N(C(=O)OC(C)(C)C)N(Cc1ccccc1)Cc1ccccc1. The van der Waals surface area contributed by atoms with Crippen molar-refractivity contribution in [2.24, 2.45) is 0 Å². The smallest absolute Gasteiger partial charge is 0.425 e. The second-order valence-electron chi connectivity index (χ2n) is 8.75. The van der Waals surface area contributed by atoms with E-state index in [1.54, 1.807) is 5.01 Å². The van der Waals surface area contributed by atoms with Gasteiger partial charge in [0.25, 0.3) is 0 Å². The number of hydrogen-bond donors (Lipinski definition) is 0. The second kappa shape index (κ2) is 9.24. The minimum atomic E-state index is -0.551. The maximum Gasteiger partial charge on any atom is 0.425 e. The predicted octanol–water partition coefficient (Wildman–Crippen LogP) is 6.03. The molecular weight excluding hydrogens is 348 g/mol. The molecule has 28 heavy (non-hydrogen) atoms. The largest absolute Gasteiger partial charge is 0.443 e. The van der Waals surface area contributed by atoms with Crippen LogP contribution >= 0.6 is 0 Å². The third-order valence-electron chi connectivity index (χ3n) is 4.70. The Labute approximate surface area is 170 Å². The van der Waals surface area contributed by atoms with Crippen LogP contribution < -0.4 is 0 Å². The van der Waals surface area contributed by atoms with Crippen molar-refractivity contribution in [2.45, 2.75) is 72.2 Å². The van der Waals surface area contributed by atoms with Gasteiger partial charge in [-0.25, -0.2) is 14.8 Å². The molecule has 4 heteroatoms. The van der Waals surface area contributed by atoms with Crippen molar-refractivity contribution in [2.75, 3.05) is 0 Å². The molecule has 1 amide bonds. The number of carbonyl (C=O) groups excluding carboxylic acids is 1. The number of hydrazine groups is 1. The lowest BCUT2D eigenvalue weighted by Gasteiger charge is -2.45. The van der Waals surface area contributed by atoms with Crippen LogP contribution in [0.1, 0.15) is 59.1 Å². The van der Waals surface area contributed by atoms with E-state index in [9.17, 15) is 4.79 Å². The molecule has 0 aromatic heterocycles. The van der Waals surface area contributed by atoms with E-state index in [1.165, 1.54) is 0 Å². The van der Waals surface area contributed by atoms with E-state index in [0.717, 1.165) is 17.5 Å². The molecule has 0 fully saturated rings. The van der Waals surface area contributed by atoms with Gasteiger partial charge in [0, 0.05) is 13.1 Å². The summed E-state index contributed by atoms with van der Waals surface area (Å²) in [6.07, 6.45) is 0.498. The molecule has 0 saturated carbocycles. The standard InChI is InChI=1S/C24H34N2O2/c1-7-24(5,6)26(22(27)28-23(2,3)4)25(18-20-14-10-8-11-15-20)19-21-16-12-9-13-17-21/h8-17H,7,18-19H2,1-6H3. The summed E-state index contributed by atoms with van der Waals surface area (Å²) in [5, 5.41) is 3.90. The van der Waals surface area contributed by atoms with E-state index >= 15 is 0 Å². The first kappa shape index (κ1) is 22.0. The van der Waals surface area contributed by atoms with Gasteiger partial charge in [0.2, 0.25) is 0 Å². The first-order valence-electron chi connectivity index (χ1n) is 9.98. The van der Waals surface area contributed by atoms with Gasteiger partial charge in [-0.3, -0.25) is 0 Å². The molecule has 2 aromatic rings. The van der Waals surface area contributed by atoms with Crippen molar-refractivity contribution in [3.63, 3.8) is 0 Å². The van der Waals surface area contributed by atoms with Crippen molar-refractivity contribution in [3.05, 3.63) is 71.8 Å². The van der Waals surface area contributed by atoms with Gasteiger partial charge in [-0.05, 0) is 52.2 Å². The highest BCUT2D eigenvalue weighted by atomic mass is 16.6. The Hall–Kier alpha value is -2.33. The van der Waals surface area contributed by atoms with Gasteiger partial charge in [-0.15, -0.1) is 0 Å². The van der Waals surface area contributed by atoms with E-state index in [2.05, 4.69) is 50.0 Å². The quantitative estimate of drug-likeness (QED) is 0.548. The summed E-state index contributed by atoms with van der Waals surface area (Å²) in [4.78, 5) is 13.2. The summed E-state index contributed by atoms with van der Waals surface area (Å²) in [6.45, 7) is 13.2. The molecule has 2 rings (SSSR count). The minimum absolute atomic E-state index is 0.314. The summed E-state index contributed by atoms with van der Waals surface area (Å²) in [5.74, 6) is 0. The highest BCUT2D eigenvalue weighted by Gasteiger charge is 2.37. The predicted molar refractivity (Wildman–Crippen MR) is 115 cm³/mol.